The normalized spacial score (nSPS) is 14.4. The maximum absolute atomic E-state index is 11.0. The molecule has 3 rings (SSSR count). The van der Waals surface area contributed by atoms with Crippen LogP contribution in [0, 0.1) is 0 Å². The molecule has 0 bridgehead atoms. The smallest absolute Gasteiger partial charge is 0.221 e. The van der Waals surface area contributed by atoms with Gasteiger partial charge in [-0.2, -0.15) is 0 Å². The van der Waals surface area contributed by atoms with Gasteiger partial charge in [0.05, 0.1) is 19.0 Å². The Morgan fingerprint density at radius 3 is 2.25 bits per heavy atom. The quantitative estimate of drug-likeness (QED) is 0.935. The Balaban J connectivity index is 1.58. The van der Waals surface area contributed by atoms with Crippen LogP contribution in [0.5, 0.6) is 5.75 Å². The van der Waals surface area contributed by atoms with Crippen LogP contribution < -0.4 is 19.9 Å². The number of carbonyl (C=O) groups excluding carboxylic acids is 1. The van der Waals surface area contributed by atoms with Crippen LogP contribution >= 0.6 is 0 Å². The average molecular weight is 326 g/mol. The first-order valence-electron chi connectivity index (χ1n) is 8.03. The molecule has 126 valence electrons. The van der Waals surface area contributed by atoms with Crippen molar-refractivity contribution in [2.24, 2.45) is 0 Å². The molecule has 1 amide bonds. The number of methoxy groups -OCH3 is 1. The molecule has 0 saturated carbocycles. The lowest BCUT2D eigenvalue weighted by molar-refractivity contribution is -0.114. The fraction of sp³-hybridized carbons (Fsp3) is 0.333. The zero-order valence-electron chi connectivity index (χ0n) is 14.0. The zero-order chi connectivity index (χ0) is 16.9. The first-order chi connectivity index (χ1) is 11.7. The van der Waals surface area contributed by atoms with Gasteiger partial charge in [0, 0.05) is 38.8 Å². The van der Waals surface area contributed by atoms with E-state index in [4.69, 9.17) is 4.74 Å². The van der Waals surface area contributed by atoms with Crippen molar-refractivity contribution in [3.05, 3.63) is 42.6 Å². The van der Waals surface area contributed by atoms with Crippen molar-refractivity contribution in [3.63, 3.8) is 0 Å². The molecule has 0 atom stereocenters. The van der Waals surface area contributed by atoms with E-state index in [-0.39, 0.29) is 5.91 Å². The van der Waals surface area contributed by atoms with Crippen LogP contribution in [0.4, 0.5) is 17.2 Å². The Bertz CT molecular complexity index is 677. The van der Waals surface area contributed by atoms with Crippen molar-refractivity contribution in [3.8, 4) is 5.75 Å². The molecule has 2 heterocycles. The Morgan fingerprint density at radius 2 is 1.71 bits per heavy atom. The van der Waals surface area contributed by atoms with Gasteiger partial charge in [-0.05, 0) is 36.4 Å². The maximum Gasteiger partial charge on any atom is 0.221 e. The van der Waals surface area contributed by atoms with E-state index in [1.54, 1.807) is 13.3 Å². The predicted octanol–water partition coefficient (Wildman–Crippen LogP) is 2.38. The number of nitrogens with zero attached hydrogens (tertiary/aromatic N) is 3. The van der Waals surface area contributed by atoms with Crippen LogP contribution in [-0.4, -0.2) is 44.2 Å². The van der Waals surface area contributed by atoms with E-state index < -0.39 is 0 Å². The molecule has 1 N–H and O–H groups in total. The fourth-order valence-electron chi connectivity index (χ4n) is 2.84. The topological polar surface area (TPSA) is 57.7 Å². The molecule has 6 heteroatoms. The van der Waals surface area contributed by atoms with Gasteiger partial charge in [0.15, 0.2) is 0 Å². The molecule has 0 unspecified atom stereocenters. The Labute approximate surface area is 142 Å². The maximum atomic E-state index is 11.0. The monoisotopic (exact) mass is 326 g/mol. The summed E-state index contributed by atoms with van der Waals surface area (Å²) in [4.78, 5) is 20.1. The van der Waals surface area contributed by atoms with E-state index in [0.717, 1.165) is 43.4 Å². The zero-order valence-corrected chi connectivity index (χ0v) is 14.0. The highest BCUT2D eigenvalue weighted by Crippen LogP contribution is 2.22. The summed E-state index contributed by atoms with van der Waals surface area (Å²) in [5.41, 5.74) is 1.94. The SMILES string of the molecule is COc1ccc(N2CCN(c3ccc(NC(C)=O)cn3)CC2)cc1. The summed E-state index contributed by atoms with van der Waals surface area (Å²) in [5.74, 6) is 1.73. The fourth-order valence-corrected chi connectivity index (χ4v) is 2.84. The van der Waals surface area contributed by atoms with E-state index in [1.165, 1.54) is 12.6 Å². The van der Waals surface area contributed by atoms with E-state index in [1.807, 2.05) is 24.3 Å². The van der Waals surface area contributed by atoms with Gasteiger partial charge < -0.3 is 19.9 Å². The number of benzene rings is 1. The molecule has 1 fully saturated rings. The first kappa shape index (κ1) is 16.1. The van der Waals surface area contributed by atoms with Gasteiger partial charge in [0.25, 0.3) is 0 Å². The molecule has 0 radical (unpaired) electrons. The Kier molecular flexibility index (Phi) is 4.84. The number of aromatic nitrogens is 1. The standard InChI is InChI=1S/C18H22N4O2/c1-14(23)20-15-3-8-18(19-13-15)22-11-9-21(10-12-22)16-4-6-17(24-2)7-5-16/h3-8,13H,9-12H2,1-2H3,(H,20,23). The highest BCUT2D eigenvalue weighted by atomic mass is 16.5. The lowest BCUT2D eigenvalue weighted by atomic mass is 10.2. The van der Waals surface area contributed by atoms with Gasteiger partial charge in [0.1, 0.15) is 11.6 Å². The largest absolute Gasteiger partial charge is 0.497 e. The van der Waals surface area contributed by atoms with E-state index in [9.17, 15) is 4.79 Å². The summed E-state index contributed by atoms with van der Waals surface area (Å²) in [6.45, 7) is 5.21. The second kappa shape index (κ2) is 7.21. The van der Waals surface area contributed by atoms with Gasteiger partial charge in [-0.15, -0.1) is 0 Å². The Morgan fingerprint density at radius 1 is 1.04 bits per heavy atom. The number of hydrogen-bond acceptors (Lipinski definition) is 5. The van der Waals surface area contributed by atoms with E-state index in [2.05, 4.69) is 32.2 Å². The van der Waals surface area contributed by atoms with Crippen molar-refractivity contribution < 1.29 is 9.53 Å². The average Bonchev–Trinajstić information content (AvgIpc) is 2.62. The number of rotatable bonds is 4. The van der Waals surface area contributed by atoms with Crippen LogP contribution in [0.1, 0.15) is 6.92 Å². The Hall–Kier alpha value is -2.76. The van der Waals surface area contributed by atoms with Crippen molar-refractivity contribution in [2.45, 2.75) is 6.92 Å². The number of amides is 1. The summed E-state index contributed by atoms with van der Waals surface area (Å²) < 4.78 is 5.20. The third-order valence-electron chi connectivity index (χ3n) is 4.11. The lowest BCUT2D eigenvalue weighted by Gasteiger charge is -2.36. The third kappa shape index (κ3) is 3.76. The highest BCUT2D eigenvalue weighted by Gasteiger charge is 2.18. The van der Waals surface area contributed by atoms with E-state index in [0.29, 0.717) is 0 Å². The summed E-state index contributed by atoms with van der Waals surface area (Å²) in [6.07, 6.45) is 1.70. The van der Waals surface area contributed by atoms with Crippen LogP contribution in [0.25, 0.3) is 0 Å². The summed E-state index contributed by atoms with van der Waals surface area (Å²) >= 11 is 0. The molecule has 1 saturated heterocycles. The molecule has 24 heavy (non-hydrogen) atoms. The number of pyridine rings is 1. The summed E-state index contributed by atoms with van der Waals surface area (Å²) in [7, 11) is 1.68. The van der Waals surface area contributed by atoms with Gasteiger partial charge in [-0.25, -0.2) is 4.98 Å². The molecular weight excluding hydrogens is 304 g/mol. The molecule has 2 aromatic rings. The minimum atomic E-state index is -0.0855. The molecule has 1 aromatic carbocycles. The minimum Gasteiger partial charge on any atom is -0.497 e. The van der Waals surface area contributed by atoms with Crippen molar-refractivity contribution in [2.75, 3.05) is 48.4 Å². The van der Waals surface area contributed by atoms with Gasteiger partial charge >= 0.3 is 0 Å². The number of carbonyl (C=O) groups is 1. The lowest BCUT2D eigenvalue weighted by Crippen LogP contribution is -2.46. The number of hydrogen-bond donors (Lipinski definition) is 1. The molecule has 1 aliphatic rings. The summed E-state index contributed by atoms with van der Waals surface area (Å²) in [5, 5.41) is 2.73. The van der Waals surface area contributed by atoms with Crippen molar-refractivity contribution >= 4 is 23.1 Å². The second-order valence-electron chi connectivity index (χ2n) is 5.76. The number of anilines is 3. The number of ether oxygens (including phenoxy) is 1. The van der Waals surface area contributed by atoms with Gasteiger partial charge in [-0.1, -0.05) is 0 Å². The van der Waals surface area contributed by atoms with E-state index >= 15 is 0 Å². The van der Waals surface area contributed by atoms with Crippen LogP contribution in [0.2, 0.25) is 0 Å². The van der Waals surface area contributed by atoms with Gasteiger partial charge in [0.2, 0.25) is 5.91 Å². The van der Waals surface area contributed by atoms with Crippen LogP contribution in [0.15, 0.2) is 42.6 Å². The molecular formula is C18H22N4O2. The first-order valence-corrected chi connectivity index (χ1v) is 8.03. The van der Waals surface area contributed by atoms with Crippen molar-refractivity contribution in [1.82, 2.24) is 4.98 Å². The number of nitrogens with one attached hydrogen (secondary N) is 1. The van der Waals surface area contributed by atoms with Crippen LogP contribution in [-0.2, 0) is 4.79 Å². The predicted molar refractivity (Wildman–Crippen MR) is 96.0 cm³/mol. The molecule has 1 aromatic heterocycles. The number of piperazine rings is 1. The van der Waals surface area contributed by atoms with Crippen LogP contribution in [0.3, 0.4) is 0 Å². The molecule has 6 nitrogen and oxygen atoms in total. The van der Waals surface area contributed by atoms with Gasteiger partial charge in [-0.3, -0.25) is 4.79 Å². The second-order valence-corrected chi connectivity index (χ2v) is 5.76. The molecule has 1 aliphatic heterocycles. The molecule has 0 spiro atoms. The highest BCUT2D eigenvalue weighted by molar-refractivity contribution is 5.88. The molecule has 0 aliphatic carbocycles. The van der Waals surface area contributed by atoms with Crippen molar-refractivity contribution in [1.29, 1.82) is 0 Å². The summed E-state index contributed by atoms with van der Waals surface area (Å²) in [6, 6.07) is 12.0. The minimum absolute atomic E-state index is 0.0855. The third-order valence-corrected chi connectivity index (χ3v) is 4.11.